The fourth-order valence-electron chi connectivity index (χ4n) is 2.23. The number of carbonyl (C=O) groups excluding carboxylic acids is 1. The Morgan fingerprint density at radius 1 is 1.50 bits per heavy atom. The predicted octanol–water partition coefficient (Wildman–Crippen LogP) is 1.54. The number of carboxylic acids is 1. The van der Waals surface area contributed by atoms with Crippen molar-refractivity contribution >= 4 is 23.2 Å². The SMILES string of the molecule is O=C(O)[C@@H]1CCCCN1C(=O)CCc1cscn1. The molecule has 1 aromatic heterocycles. The van der Waals surface area contributed by atoms with Crippen LogP contribution < -0.4 is 0 Å². The number of amides is 1. The third kappa shape index (κ3) is 3.07. The van der Waals surface area contributed by atoms with Gasteiger partial charge in [-0.2, -0.15) is 0 Å². The van der Waals surface area contributed by atoms with Gasteiger partial charge in [0.05, 0.1) is 11.2 Å². The van der Waals surface area contributed by atoms with E-state index in [1.807, 2.05) is 5.38 Å². The van der Waals surface area contributed by atoms with E-state index in [-0.39, 0.29) is 5.91 Å². The molecule has 1 N–H and O–H groups in total. The molecule has 0 radical (unpaired) electrons. The summed E-state index contributed by atoms with van der Waals surface area (Å²) in [6.07, 6.45) is 3.27. The van der Waals surface area contributed by atoms with Crippen LogP contribution in [0.4, 0.5) is 0 Å². The molecule has 2 heterocycles. The van der Waals surface area contributed by atoms with Crippen LogP contribution in [0, 0.1) is 0 Å². The highest BCUT2D eigenvalue weighted by Crippen LogP contribution is 2.18. The zero-order chi connectivity index (χ0) is 13.0. The third-order valence-electron chi connectivity index (χ3n) is 3.19. The Kier molecular flexibility index (Phi) is 4.30. The lowest BCUT2D eigenvalue weighted by Gasteiger charge is -2.33. The quantitative estimate of drug-likeness (QED) is 0.899. The number of aryl methyl sites for hydroxylation is 1. The van der Waals surface area contributed by atoms with Crippen LogP contribution in [-0.2, 0) is 16.0 Å². The maximum absolute atomic E-state index is 12.0. The number of hydrogen-bond acceptors (Lipinski definition) is 4. The Hall–Kier alpha value is -1.43. The summed E-state index contributed by atoms with van der Waals surface area (Å²) in [4.78, 5) is 28.8. The van der Waals surface area contributed by atoms with E-state index in [1.165, 1.54) is 16.2 Å². The number of rotatable bonds is 4. The van der Waals surface area contributed by atoms with Crippen molar-refractivity contribution < 1.29 is 14.7 Å². The summed E-state index contributed by atoms with van der Waals surface area (Å²) in [6, 6.07) is -0.637. The summed E-state index contributed by atoms with van der Waals surface area (Å²) in [6.45, 7) is 0.562. The minimum Gasteiger partial charge on any atom is -0.480 e. The number of likely N-dealkylation sites (tertiary alicyclic amines) is 1. The lowest BCUT2D eigenvalue weighted by Crippen LogP contribution is -2.48. The molecular weight excluding hydrogens is 252 g/mol. The molecule has 0 spiro atoms. The van der Waals surface area contributed by atoms with Crippen LogP contribution in [-0.4, -0.2) is 39.5 Å². The summed E-state index contributed by atoms with van der Waals surface area (Å²) < 4.78 is 0. The van der Waals surface area contributed by atoms with Gasteiger partial charge in [0.2, 0.25) is 5.91 Å². The van der Waals surface area contributed by atoms with Crippen molar-refractivity contribution in [3.05, 3.63) is 16.6 Å². The molecule has 2 rings (SSSR count). The molecule has 18 heavy (non-hydrogen) atoms. The molecule has 5 nitrogen and oxygen atoms in total. The van der Waals surface area contributed by atoms with Gasteiger partial charge in [0.25, 0.3) is 0 Å². The van der Waals surface area contributed by atoms with Gasteiger partial charge in [-0.3, -0.25) is 4.79 Å². The molecule has 0 aliphatic carbocycles. The van der Waals surface area contributed by atoms with Gasteiger partial charge >= 0.3 is 5.97 Å². The Labute approximate surface area is 109 Å². The number of carbonyl (C=O) groups is 2. The van der Waals surface area contributed by atoms with Gasteiger partial charge in [-0.1, -0.05) is 0 Å². The zero-order valence-electron chi connectivity index (χ0n) is 10.0. The molecule has 6 heteroatoms. The van der Waals surface area contributed by atoms with E-state index in [0.29, 0.717) is 25.8 Å². The molecule has 0 saturated carbocycles. The van der Waals surface area contributed by atoms with Gasteiger partial charge in [0.15, 0.2) is 0 Å². The molecule has 0 aromatic carbocycles. The van der Waals surface area contributed by atoms with Crippen LogP contribution in [0.5, 0.6) is 0 Å². The normalized spacial score (nSPS) is 19.8. The first-order chi connectivity index (χ1) is 8.68. The second kappa shape index (κ2) is 5.95. The van der Waals surface area contributed by atoms with Gasteiger partial charge < -0.3 is 10.0 Å². The third-order valence-corrected chi connectivity index (χ3v) is 3.82. The van der Waals surface area contributed by atoms with Crippen molar-refractivity contribution in [2.75, 3.05) is 6.54 Å². The van der Waals surface area contributed by atoms with E-state index >= 15 is 0 Å². The summed E-state index contributed by atoms with van der Waals surface area (Å²) in [5.74, 6) is -0.966. The Morgan fingerprint density at radius 3 is 3.00 bits per heavy atom. The number of hydrogen-bond donors (Lipinski definition) is 1. The van der Waals surface area contributed by atoms with Crippen molar-refractivity contribution in [1.29, 1.82) is 0 Å². The molecule has 0 bridgehead atoms. The van der Waals surface area contributed by atoms with E-state index in [0.717, 1.165) is 18.5 Å². The van der Waals surface area contributed by atoms with Crippen molar-refractivity contribution in [2.24, 2.45) is 0 Å². The molecule has 1 aromatic rings. The minimum atomic E-state index is -0.892. The Morgan fingerprint density at radius 2 is 2.33 bits per heavy atom. The first-order valence-electron chi connectivity index (χ1n) is 6.08. The fraction of sp³-hybridized carbons (Fsp3) is 0.583. The summed E-state index contributed by atoms with van der Waals surface area (Å²) in [5.41, 5.74) is 2.64. The molecular formula is C12H16N2O3S. The van der Waals surface area contributed by atoms with Crippen molar-refractivity contribution in [1.82, 2.24) is 9.88 Å². The first kappa shape index (κ1) is 13.0. The average Bonchev–Trinajstić information content (AvgIpc) is 2.89. The second-order valence-electron chi connectivity index (χ2n) is 4.42. The molecule has 98 valence electrons. The van der Waals surface area contributed by atoms with Gasteiger partial charge in [0, 0.05) is 18.3 Å². The lowest BCUT2D eigenvalue weighted by atomic mass is 10.0. The van der Waals surface area contributed by atoms with Gasteiger partial charge in [-0.05, 0) is 25.7 Å². The molecule has 0 unspecified atom stereocenters. The minimum absolute atomic E-state index is 0.0740. The summed E-state index contributed by atoms with van der Waals surface area (Å²) >= 11 is 1.50. The topological polar surface area (TPSA) is 70.5 Å². The van der Waals surface area contributed by atoms with Gasteiger partial charge in [-0.15, -0.1) is 11.3 Å². The van der Waals surface area contributed by atoms with E-state index in [4.69, 9.17) is 5.11 Å². The smallest absolute Gasteiger partial charge is 0.326 e. The average molecular weight is 268 g/mol. The molecule has 1 aliphatic rings. The number of aliphatic carboxylic acids is 1. The highest BCUT2D eigenvalue weighted by atomic mass is 32.1. The van der Waals surface area contributed by atoms with Crippen molar-refractivity contribution in [3.8, 4) is 0 Å². The maximum atomic E-state index is 12.0. The van der Waals surface area contributed by atoms with Crippen LogP contribution >= 0.6 is 11.3 Å². The van der Waals surface area contributed by atoms with Crippen LogP contribution in [0.1, 0.15) is 31.4 Å². The molecule has 1 saturated heterocycles. The van der Waals surface area contributed by atoms with Gasteiger partial charge in [-0.25, -0.2) is 9.78 Å². The van der Waals surface area contributed by atoms with E-state index in [2.05, 4.69) is 4.98 Å². The molecule has 1 aliphatic heterocycles. The number of nitrogens with zero attached hydrogens (tertiary/aromatic N) is 2. The molecule has 1 amide bonds. The van der Waals surface area contributed by atoms with Gasteiger partial charge in [0.1, 0.15) is 6.04 Å². The second-order valence-corrected chi connectivity index (χ2v) is 5.14. The van der Waals surface area contributed by atoms with Crippen LogP contribution in [0.2, 0.25) is 0 Å². The highest BCUT2D eigenvalue weighted by Gasteiger charge is 2.31. The van der Waals surface area contributed by atoms with Crippen LogP contribution in [0.15, 0.2) is 10.9 Å². The molecule has 1 atom stereocenters. The fourth-order valence-corrected chi connectivity index (χ4v) is 2.82. The predicted molar refractivity (Wildman–Crippen MR) is 67.4 cm³/mol. The van der Waals surface area contributed by atoms with Crippen LogP contribution in [0.25, 0.3) is 0 Å². The Bertz CT molecular complexity index is 419. The van der Waals surface area contributed by atoms with E-state index in [1.54, 1.807) is 5.51 Å². The van der Waals surface area contributed by atoms with Crippen molar-refractivity contribution in [3.63, 3.8) is 0 Å². The number of thiazole rings is 1. The monoisotopic (exact) mass is 268 g/mol. The van der Waals surface area contributed by atoms with Crippen LogP contribution in [0.3, 0.4) is 0 Å². The standard InChI is InChI=1S/C12H16N2O3S/c15-11(5-4-9-7-18-8-13-9)14-6-2-1-3-10(14)12(16)17/h7-8,10H,1-6H2,(H,16,17)/t10-/m0/s1. The Balaban J connectivity index is 1.92. The summed E-state index contributed by atoms with van der Waals surface area (Å²) in [7, 11) is 0. The number of carboxylic acid groups (broad SMARTS) is 1. The largest absolute Gasteiger partial charge is 0.480 e. The molecule has 1 fully saturated rings. The lowest BCUT2D eigenvalue weighted by molar-refractivity contribution is -0.152. The number of aromatic nitrogens is 1. The first-order valence-corrected chi connectivity index (χ1v) is 7.02. The summed E-state index contributed by atoms with van der Waals surface area (Å²) in [5, 5.41) is 11.0. The van der Waals surface area contributed by atoms with E-state index < -0.39 is 12.0 Å². The maximum Gasteiger partial charge on any atom is 0.326 e. The van der Waals surface area contributed by atoms with E-state index in [9.17, 15) is 9.59 Å². The number of piperidine rings is 1. The highest BCUT2D eigenvalue weighted by molar-refractivity contribution is 7.07. The zero-order valence-corrected chi connectivity index (χ0v) is 10.9. The van der Waals surface area contributed by atoms with Crippen molar-refractivity contribution in [2.45, 2.75) is 38.1 Å².